The van der Waals surface area contributed by atoms with E-state index in [1.807, 2.05) is 0 Å². The van der Waals surface area contributed by atoms with Crippen molar-refractivity contribution in [1.29, 1.82) is 0 Å². The number of aryl methyl sites for hydroxylation is 1. The highest BCUT2D eigenvalue weighted by molar-refractivity contribution is 7.89. The fourth-order valence-electron chi connectivity index (χ4n) is 1.49. The first-order valence-electron chi connectivity index (χ1n) is 6.41. The molecule has 0 aliphatic heterocycles. The molecule has 9 heteroatoms. The van der Waals surface area contributed by atoms with Crippen LogP contribution < -0.4 is 9.44 Å². The first-order chi connectivity index (χ1) is 9.68. The zero-order valence-corrected chi connectivity index (χ0v) is 13.5. The number of hydrogen-bond donors (Lipinski definition) is 2. The summed E-state index contributed by atoms with van der Waals surface area (Å²) in [6.45, 7) is 3.24. The fourth-order valence-corrected chi connectivity index (χ4v) is 3.31. The Balaban J connectivity index is 2.52. The summed E-state index contributed by atoms with van der Waals surface area (Å²) < 4.78 is 64.0. The van der Waals surface area contributed by atoms with Gasteiger partial charge in [0.25, 0.3) is 0 Å². The highest BCUT2D eigenvalue weighted by atomic mass is 32.2. The molecule has 0 aliphatic carbocycles. The van der Waals surface area contributed by atoms with Gasteiger partial charge in [-0.15, -0.1) is 0 Å². The third kappa shape index (κ3) is 5.70. The molecule has 0 heterocycles. The molecule has 0 bridgehead atoms. The normalized spacial score (nSPS) is 12.5. The molecule has 21 heavy (non-hydrogen) atoms. The molecule has 1 aromatic rings. The van der Waals surface area contributed by atoms with E-state index in [1.54, 1.807) is 0 Å². The van der Waals surface area contributed by atoms with E-state index in [1.165, 1.54) is 26.0 Å². The van der Waals surface area contributed by atoms with Crippen LogP contribution in [0.4, 0.5) is 4.39 Å². The summed E-state index contributed by atoms with van der Waals surface area (Å²) in [5.41, 5.74) is 0.244. The molecule has 1 aromatic carbocycles. The zero-order valence-electron chi connectivity index (χ0n) is 11.9. The topological polar surface area (TPSA) is 92.3 Å². The van der Waals surface area contributed by atoms with Crippen LogP contribution >= 0.6 is 0 Å². The smallest absolute Gasteiger partial charge is 0.215 e. The van der Waals surface area contributed by atoms with Crippen LogP contribution in [0, 0.1) is 12.7 Å². The van der Waals surface area contributed by atoms with Crippen LogP contribution in [0.5, 0.6) is 0 Å². The molecular weight excluding hydrogens is 319 g/mol. The lowest BCUT2D eigenvalue weighted by Crippen LogP contribution is -2.30. The molecular formula is C12H19FN2O4S2. The van der Waals surface area contributed by atoms with Crippen molar-refractivity contribution < 1.29 is 21.2 Å². The number of halogens is 1. The molecule has 6 nitrogen and oxygen atoms in total. The monoisotopic (exact) mass is 338 g/mol. The van der Waals surface area contributed by atoms with Gasteiger partial charge < -0.3 is 0 Å². The second-order valence-corrected chi connectivity index (χ2v) is 8.32. The number of hydrogen-bond acceptors (Lipinski definition) is 4. The highest BCUT2D eigenvalue weighted by Gasteiger charge is 2.14. The third-order valence-electron chi connectivity index (χ3n) is 2.79. The number of benzene rings is 1. The summed E-state index contributed by atoms with van der Waals surface area (Å²) in [5.74, 6) is -0.490. The quantitative estimate of drug-likeness (QED) is 0.684. The summed E-state index contributed by atoms with van der Waals surface area (Å²) in [7, 11) is -6.98. The minimum atomic E-state index is -3.71. The van der Waals surface area contributed by atoms with Gasteiger partial charge in [-0.05, 0) is 44.0 Å². The molecule has 2 N–H and O–H groups in total. The van der Waals surface area contributed by atoms with Crippen LogP contribution in [0.2, 0.25) is 0 Å². The van der Waals surface area contributed by atoms with Crippen LogP contribution in [-0.2, 0) is 20.0 Å². The van der Waals surface area contributed by atoms with E-state index >= 15 is 0 Å². The summed E-state index contributed by atoms with van der Waals surface area (Å²) in [6, 6.07) is 3.53. The van der Waals surface area contributed by atoms with Crippen molar-refractivity contribution in [2.24, 2.45) is 0 Å². The summed E-state index contributed by atoms with van der Waals surface area (Å²) in [5, 5.41) is 0. The van der Waals surface area contributed by atoms with Gasteiger partial charge in [0.2, 0.25) is 20.0 Å². The van der Waals surface area contributed by atoms with Gasteiger partial charge in [-0.2, -0.15) is 0 Å². The Labute approximate surface area is 124 Å². The average molecular weight is 338 g/mol. The van der Waals surface area contributed by atoms with E-state index < -0.39 is 25.9 Å². The Morgan fingerprint density at radius 1 is 1.10 bits per heavy atom. The number of sulfonamides is 2. The van der Waals surface area contributed by atoms with Gasteiger partial charge in [-0.1, -0.05) is 0 Å². The molecule has 0 aliphatic rings. The van der Waals surface area contributed by atoms with Crippen LogP contribution in [0.25, 0.3) is 0 Å². The molecule has 0 radical (unpaired) electrons. The lowest BCUT2D eigenvalue weighted by Gasteiger charge is -2.08. The van der Waals surface area contributed by atoms with E-state index in [2.05, 4.69) is 9.44 Å². The van der Waals surface area contributed by atoms with E-state index in [4.69, 9.17) is 0 Å². The van der Waals surface area contributed by atoms with Crippen LogP contribution in [0.1, 0.15) is 18.9 Å². The molecule has 0 spiro atoms. The van der Waals surface area contributed by atoms with Gasteiger partial charge in [0.1, 0.15) is 5.82 Å². The minimum Gasteiger partial charge on any atom is -0.215 e. The van der Waals surface area contributed by atoms with Gasteiger partial charge in [0, 0.05) is 13.1 Å². The molecule has 0 unspecified atom stereocenters. The van der Waals surface area contributed by atoms with Crippen molar-refractivity contribution in [2.45, 2.75) is 25.2 Å². The van der Waals surface area contributed by atoms with Crippen molar-refractivity contribution in [3.05, 3.63) is 29.6 Å². The van der Waals surface area contributed by atoms with Crippen LogP contribution in [-0.4, -0.2) is 35.7 Å². The van der Waals surface area contributed by atoms with Crippen molar-refractivity contribution in [3.63, 3.8) is 0 Å². The van der Waals surface area contributed by atoms with Gasteiger partial charge in [-0.3, -0.25) is 0 Å². The summed E-state index contributed by atoms with van der Waals surface area (Å²) in [6.07, 6.45) is 0.318. The van der Waals surface area contributed by atoms with Gasteiger partial charge in [0.15, 0.2) is 0 Å². The minimum absolute atomic E-state index is 0.0180. The first kappa shape index (κ1) is 18.0. The Morgan fingerprint density at radius 2 is 1.71 bits per heavy atom. The Morgan fingerprint density at radius 3 is 2.29 bits per heavy atom. The number of rotatable bonds is 8. The number of nitrogens with one attached hydrogen (secondary N) is 2. The summed E-state index contributed by atoms with van der Waals surface area (Å²) >= 11 is 0. The molecule has 0 saturated heterocycles. The molecule has 0 amide bonds. The van der Waals surface area contributed by atoms with Gasteiger partial charge >= 0.3 is 0 Å². The van der Waals surface area contributed by atoms with Crippen molar-refractivity contribution in [1.82, 2.24) is 9.44 Å². The van der Waals surface area contributed by atoms with Gasteiger partial charge in [-0.25, -0.2) is 30.7 Å². The average Bonchev–Trinajstić information content (AvgIpc) is 2.41. The molecule has 0 saturated carbocycles. The van der Waals surface area contributed by atoms with Crippen molar-refractivity contribution in [2.75, 3.05) is 18.8 Å². The maximum Gasteiger partial charge on any atom is 0.240 e. The molecule has 0 atom stereocenters. The largest absolute Gasteiger partial charge is 0.240 e. The third-order valence-corrected chi connectivity index (χ3v) is 5.65. The second-order valence-electron chi connectivity index (χ2n) is 4.46. The SMILES string of the molecule is CCS(=O)(=O)NCCCNS(=O)(=O)c1ccc(F)c(C)c1. The van der Waals surface area contributed by atoms with E-state index in [0.29, 0.717) is 6.42 Å². The molecule has 120 valence electrons. The molecule has 0 fully saturated rings. The van der Waals surface area contributed by atoms with Crippen molar-refractivity contribution in [3.8, 4) is 0 Å². The van der Waals surface area contributed by atoms with Gasteiger partial charge in [0.05, 0.1) is 10.6 Å². The zero-order chi connectivity index (χ0) is 16.1. The van der Waals surface area contributed by atoms with Crippen LogP contribution in [0.15, 0.2) is 23.1 Å². The molecule has 1 rings (SSSR count). The maximum absolute atomic E-state index is 13.1. The second kappa shape index (κ2) is 7.30. The van der Waals surface area contributed by atoms with Crippen LogP contribution in [0.3, 0.4) is 0 Å². The Kier molecular flexibility index (Phi) is 6.26. The Bertz CT molecular complexity index is 687. The van der Waals surface area contributed by atoms with Crippen molar-refractivity contribution >= 4 is 20.0 Å². The fraction of sp³-hybridized carbons (Fsp3) is 0.500. The first-order valence-corrected chi connectivity index (χ1v) is 9.54. The van der Waals surface area contributed by atoms with E-state index in [-0.39, 0.29) is 29.3 Å². The lowest BCUT2D eigenvalue weighted by molar-refractivity contribution is 0.572. The Hall–Kier alpha value is -1.03. The molecule has 0 aromatic heterocycles. The summed E-state index contributed by atoms with van der Waals surface area (Å²) in [4.78, 5) is -0.0180. The standard InChI is InChI=1S/C12H19FN2O4S2/c1-3-20(16,17)14-7-4-8-15-21(18,19)11-5-6-12(13)10(2)9-11/h5-6,9,14-15H,3-4,7-8H2,1-2H3. The lowest BCUT2D eigenvalue weighted by atomic mass is 10.2. The van der Waals surface area contributed by atoms with E-state index in [0.717, 1.165) is 6.07 Å². The highest BCUT2D eigenvalue weighted by Crippen LogP contribution is 2.13. The van der Waals surface area contributed by atoms with E-state index in [9.17, 15) is 21.2 Å². The predicted octanol–water partition coefficient (Wildman–Crippen LogP) is 0.742. The predicted molar refractivity (Wildman–Crippen MR) is 78.4 cm³/mol. The maximum atomic E-state index is 13.1.